The van der Waals surface area contributed by atoms with Crippen LogP contribution in [0.5, 0.6) is 0 Å². The Kier molecular flexibility index (Phi) is 4.47. The number of rotatable bonds is 4. The fourth-order valence-corrected chi connectivity index (χ4v) is 3.45. The van der Waals surface area contributed by atoms with Crippen molar-refractivity contribution in [3.05, 3.63) is 47.0 Å². The van der Waals surface area contributed by atoms with Gasteiger partial charge in [0.15, 0.2) is 0 Å². The smallest absolute Gasteiger partial charge is 0.265 e. The van der Waals surface area contributed by atoms with Crippen molar-refractivity contribution in [3.63, 3.8) is 0 Å². The monoisotopic (exact) mass is 331 g/mol. The molecule has 2 heterocycles. The minimum absolute atomic E-state index is 0.00874. The Morgan fingerprint density at radius 2 is 1.90 bits per heavy atom. The van der Waals surface area contributed by atoms with Crippen LogP contribution in [0.2, 0.25) is 10.2 Å². The summed E-state index contributed by atoms with van der Waals surface area (Å²) < 4.78 is 26.4. The molecule has 0 atom stereocenters. The van der Waals surface area contributed by atoms with Crippen LogP contribution in [0.1, 0.15) is 6.92 Å². The van der Waals surface area contributed by atoms with Crippen molar-refractivity contribution >= 4 is 38.9 Å². The molecule has 20 heavy (non-hydrogen) atoms. The first-order valence-electron chi connectivity index (χ1n) is 5.70. The SMILES string of the molecule is CCN(c1ccncc1)S(=O)(=O)c1cnc(Cl)c(Cl)c1. The summed E-state index contributed by atoms with van der Waals surface area (Å²) >= 11 is 11.5. The van der Waals surface area contributed by atoms with Gasteiger partial charge in [-0.1, -0.05) is 23.2 Å². The fraction of sp³-hybridized carbons (Fsp3) is 0.167. The van der Waals surface area contributed by atoms with E-state index in [1.54, 1.807) is 19.1 Å². The zero-order valence-electron chi connectivity index (χ0n) is 10.5. The Balaban J connectivity index is 2.50. The highest BCUT2D eigenvalue weighted by atomic mass is 35.5. The van der Waals surface area contributed by atoms with Gasteiger partial charge in [0.2, 0.25) is 0 Å². The number of hydrogen-bond acceptors (Lipinski definition) is 4. The second-order valence-corrected chi connectivity index (χ2v) is 6.45. The Bertz CT molecular complexity index is 708. The molecule has 5 nitrogen and oxygen atoms in total. The third-order valence-corrected chi connectivity index (χ3v) is 5.15. The Labute approximate surface area is 127 Å². The molecule has 0 fully saturated rings. The summed E-state index contributed by atoms with van der Waals surface area (Å²) in [6, 6.07) is 4.52. The standard InChI is InChI=1S/C12H11Cl2N3O2S/c1-2-17(9-3-5-15-6-4-9)20(18,19)10-7-11(13)12(14)16-8-10/h3-8H,2H2,1H3. The van der Waals surface area contributed by atoms with Gasteiger partial charge in [-0.15, -0.1) is 0 Å². The highest BCUT2D eigenvalue weighted by molar-refractivity contribution is 7.92. The van der Waals surface area contributed by atoms with E-state index in [1.165, 1.54) is 29.0 Å². The van der Waals surface area contributed by atoms with Gasteiger partial charge in [0.1, 0.15) is 10.0 Å². The topological polar surface area (TPSA) is 63.2 Å². The zero-order chi connectivity index (χ0) is 14.8. The number of hydrogen-bond donors (Lipinski definition) is 0. The molecule has 0 aliphatic rings. The van der Waals surface area contributed by atoms with Crippen molar-refractivity contribution in [2.75, 3.05) is 10.8 Å². The number of aromatic nitrogens is 2. The van der Waals surface area contributed by atoms with E-state index in [9.17, 15) is 8.42 Å². The minimum atomic E-state index is -3.74. The molecule has 8 heteroatoms. The molecule has 2 aromatic rings. The summed E-state index contributed by atoms with van der Waals surface area (Å²) in [4.78, 5) is 7.63. The zero-order valence-corrected chi connectivity index (χ0v) is 12.8. The van der Waals surface area contributed by atoms with E-state index in [2.05, 4.69) is 9.97 Å². The quantitative estimate of drug-likeness (QED) is 0.808. The molecule has 106 valence electrons. The van der Waals surface area contributed by atoms with Crippen molar-refractivity contribution in [2.24, 2.45) is 0 Å². The number of nitrogens with zero attached hydrogens (tertiary/aromatic N) is 3. The Morgan fingerprint density at radius 1 is 1.25 bits per heavy atom. The van der Waals surface area contributed by atoms with Crippen LogP contribution in [0.15, 0.2) is 41.7 Å². The number of anilines is 1. The summed E-state index contributed by atoms with van der Waals surface area (Å²) in [7, 11) is -3.74. The molecule has 0 amide bonds. The summed E-state index contributed by atoms with van der Waals surface area (Å²) in [5, 5.41) is 0.163. The Morgan fingerprint density at radius 3 is 2.45 bits per heavy atom. The van der Waals surface area contributed by atoms with Crippen molar-refractivity contribution in [2.45, 2.75) is 11.8 Å². The first kappa shape index (κ1) is 15.0. The predicted octanol–water partition coefficient (Wildman–Crippen LogP) is 3.00. The maximum Gasteiger partial charge on any atom is 0.265 e. The van der Waals surface area contributed by atoms with Crippen LogP contribution in [0, 0.1) is 0 Å². The number of pyridine rings is 2. The normalized spacial score (nSPS) is 11.3. The fourth-order valence-electron chi connectivity index (χ4n) is 1.67. The van der Waals surface area contributed by atoms with E-state index in [1.807, 2.05) is 0 Å². The van der Waals surface area contributed by atoms with Gasteiger partial charge in [-0.25, -0.2) is 13.4 Å². The second kappa shape index (κ2) is 5.95. The number of sulfonamides is 1. The first-order chi connectivity index (χ1) is 9.46. The maximum atomic E-state index is 12.6. The predicted molar refractivity (Wildman–Crippen MR) is 78.7 cm³/mol. The van der Waals surface area contributed by atoms with Gasteiger partial charge in [-0.3, -0.25) is 9.29 Å². The van der Waals surface area contributed by atoms with Crippen molar-refractivity contribution in [1.82, 2.24) is 9.97 Å². The molecule has 2 rings (SSSR count). The molecule has 0 spiro atoms. The average molecular weight is 332 g/mol. The van der Waals surface area contributed by atoms with Crippen molar-refractivity contribution < 1.29 is 8.42 Å². The Hall–Kier alpha value is -1.37. The van der Waals surface area contributed by atoms with Crippen LogP contribution in [-0.2, 0) is 10.0 Å². The van der Waals surface area contributed by atoms with Crippen LogP contribution >= 0.6 is 23.2 Å². The minimum Gasteiger partial charge on any atom is -0.266 e. The molecular weight excluding hydrogens is 321 g/mol. The van der Waals surface area contributed by atoms with Crippen LogP contribution in [0.25, 0.3) is 0 Å². The van der Waals surface area contributed by atoms with Crippen LogP contribution in [0.4, 0.5) is 5.69 Å². The lowest BCUT2D eigenvalue weighted by atomic mass is 10.4. The van der Waals surface area contributed by atoms with E-state index in [0.29, 0.717) is 5.69 Å². The largest absolute Gasteiger partial charge is 0.266 e. The van der Waals surface area contributed by atoms with Gasteiger partial charge in [-0.05, 0) is 25.1 Å². The lowest BCUT2D eigenvalue weighted by Crippen LogP contribution is -2.30. The van der Waals surface area contributed by atoms with E-state index in [0.717, 1.165) is 0 Å². The number of halogens is 2. The molecule has 0 N–H and O–H groups in total. The molecule has 0 saturated carbocycles. The average Bonchev–Trinajstić information content (AvgIpc) is 2.43. The molecule has 0 aliphatic carbocycles. The summed E-state index contributed by atoms with van der Waals surface area (Å²) in [6.07, 6.45) is 4.24. The van der Waals surface area contributed by atoms with E-state index >= 15 is 0 Å². The molecular formula is C12H11Cl2N3O2S. The molecule has 0 bridgehead atoms. The second-order valence-electron chi connectivity index (χ2n) is 3.82. The van der Waals surface area contributed by atoms with E-state index < -0.39 is 10.0 Å². The van der Waals surface area contributed by atoms with E-state index in [-0.39, 0.29) is 21.6 Å². The lowest BCUT2D eigenvalue weighted by Gasteiger charge is -2.22. The van der Waals surface area contributed by atoms with Gasteiger partial charge < -0.3 is 0 Å². The molecule has 0 radical (unpaired) electrons. The van der Waals surface area contributed by atoms with Crippen LogP contribution in [-0.4, -0.2) is 24.9 Å². The van der Waals surface area contributed by atoms with Gasteiger partial charge in [-0.2, -0.15) is 0 Å². The van der Waals surface area contributed by atoms with Gasteiger partial charge >= 0.3 is 0 Å². The summed E-state index contributed by atoms with van der Waals surface area (Å²) in [5.74, 6) is 0. The molecule has 0 aliphatic heterocycles. The molecule has 0 saturated heterocycles. The highest BCUT2D eigenvalue weighted by Gasteiger charge is 2.24. The van der Waals surface area contributed by atoms with Crippen molar-refractivity contribution in [1.29, 1.82) is 0 Å². The molecule has 2 aromatic heterocycles. The van der Waals surface area contributed by atoms with Gasteiger partial charge in [0.25, 0.3) is 10.0 Å². The highest BCUT2D eigenvalue weighted by Crippen LogP contribution is 2.26. The van der Waals surface area contributed by atoms with Crippen LogP contribution in [0.3, 0.4) is 0 Å². The van der Waals surface area contributed by atoms with Gasteiger partial charge in [0, 0.05) is 25.1 Å². The van der Waals surface area contributed by atoms with E-state index in [4.69, 9.17) is 23.2 Å². The maximum absolute atomic E-state index is 12.6. The molecule has 0 aromatic carbocycles. The summed E-state index contributed by atoms with van der Waals surface area (Å²) in [5.41, 5.74) is 0.522. The third-order valence-electron chi connectivity index (χ3n) is 2.60. The third kappa shape index (κ3) is 2.87. The molecule has 0 unspecified atom stereocenters. The van der Waals surface area contributed by atoms with Crippen LogP contribution < -0.4 is 4.31 Å². The van der Waals surface area contributed by atoms with Gasteiger partial charge in [0.05, 0.1) is 10.7 Å². The lowest BCUT2D eigenvalue weighted by molar-refractivity contribution is 0.591. The van der Waals surface area contributed by atoms with Crippen molar-refractivity contribution in [3.8, 4) is 0 Å². The first-order valence-corrected chi connectivity index (χ1v) is 7.90. The summed E-state index contributed by atoms with van der Waals surface area (Å²) in [6.45, 7) is 2.01.